The van der Waals surface area contributed by atoms with E-state index in [1.165, 1.54) is 96.3 Å². The first-order valence-corrected chi connectivity index (χ1v) is 26.2. The van der Waals surface area contributed by atoms with E-state index in [1.807, 2.05) is 0 Å². The van der Waals surface area contributed by atoms with Gasteiger partial charge in [0, 0.05) is 19.3 Å². The van der Waals surface area contributed by atoms with Crippen LogP contribution in [-0.4, -0.2) is 37.2 Å². The highest BCUT2D eigenvalue weighted by Gasteiger charge is 2.19. The second-order valence-electron chi connectivity index (χ2n) is 17.1. The van der Waals surface area contributed by atoms with Crippen molar-refractivity contribution in [3.05, 3.63) is 97.2 Å². The molecule has 6 nitrogen and oxygen atoms in total. The molecule has 0 aliphatic carbocycles. The number of ether oxygens (including phenoxy) is 3. The topological polar surface area (TPSA) is 78.9 Å². The molecule has 364 valence electrons. The van der Waals surface area contributed by atoms with Crippen LogP contribution in [0.4, 0.5) is 0 Å². The zero-order valence-corrected chi connectivity index (χ0v) is 41.5. The molecule has 0 radical (unpaired) electrons. The van der Waals surface area contributed by atoms with Crippen molar-refractivity contribution in [2.45, 2.75) is 239 Å². The van der Waals surface area contributed by atoms with Crippen LogP contribution in [0.5, 0.6) is 0 Å². The fraction of sp³-hybridized carbons (Fsp3) is 0.672. The number of carbonyl (C=O) groups is 3. The monoisotopic (exact) mass is 889 g/mol. The molecule has 0 saturated carbocycles. The van der Waals surface area contributed by atoms with E-state index in [0.717, 1.165) is 83.5 Å². The molecular weight excluding hydrogens is 793 g/mol. The van der Waals surface area contributed by atoms with E-state index in [0.29, 0.717) is 19.3 Å². The molecule has 0 aromatic heterocycles. The SMILES string of the molecule is CC/C=C\C/C=C\C/C=C\C/C=C\CCCCC(=O)O[C@@H](COC(=O)CCC/C=C\C/C=C\C/C=C\C/C=C\CCCCC)COC(=O)CCCCCCCCCCCCCCCC. The van der Waals surface area contributed by atoms with Gasteiger partial charge in [-0.1, -0.05) is 214 Å². The maximum absolute atomic E-state index is 12.8. The zero-order valence-electron chi connectivity index (χ0n) is 41.5. The Morgan fingerprint density at radius 3 is 1.05 bits per heavy atom. The highest BCUT2D eigenvalue weighted by atomic mass is 16.6. The Labute approximate surface area is 394 Å². The van der Waals surface area contributed by atoms with Gasteiger partial charge in [0.25, 0.3) is 0 Å². The van der Waals surface area contributed by atoms with Gasteiger partial charge in [0.05, 0.1) is 0 Å². The summed E-state index contributed by atoms with van der Waals surface area (Å²) in [6.07, 6.45) is 68.2. The van der Waals surface area contributed by atoms with Gasteiger partial charge in [0.15, 0.2) is 6.10 Å². The summed E-state index contributed by atoms with van der Waals surface area (Å²) in [5.74, 6) is -1.01. The fourth-order valence-electron chi connectivity index (χ4n) is 6.90. The van der Waals surface area contributed by atoms with E-state index < -0.39 is 6.10 Å². The van der Waals surface area contributed by atoms with E-state index >= 15 is 0 Å². The Morgan fingerprint density at radius 2 is 0.625 bits per heavy atom. The molecule has 0 rings (SSSR count). The van der Waals surface area contributed by atoms with Crippen molar-refractivity contribution >= 4 is 17.9 Å². The molecule has 1 atom stereocenters. The molecule has 0 bridgehead atoms. The molecule has 6 heteroatoms. The quantitative estimate of drug-likeness (QED) is 0.0262. The Balaban J connectivity index is 4.54. The molecule has 0 aliphatic rings. The minimum atomic E-state index is -0.820. The van der Waals surface area contributed by atoms with Crippen molar-refractivity contribution in [2.75, 3.05) is 13.2 Å². The molecule has 0 aromatic carbocycles. The first-order valence-electron chi connectivity index (χ1n) is 26.2. The van der Waals surface area contributed by atoms with E-state index in [1.54, 1.807) is 0 Å². The molecule has 0 unspecified atom stereocenters. The van der Waals surface area contributed by atoms with E-state index in [-0.39, 0.29) is 44.0 Å². The lowest BCUT2D eigenvalue weighted by molar-refractivity contribution is -0.167. The molecule has 0 amide bonds. The second-order valence-corrected chi connectivity index (χ2v) is 17.1. The third-order valence-electron chi connectivity index (χ3n) is 10.8. The third kappa shape index (κ3) is 49.3. The maximum Gasteiger partial charge on any atom is 0.306 e. The summed E-state index contributed by atoms with van der Waals surface area (Å²) < 4.78 is 16.7. The van der Waals surface area contributed by atoms with Gasteiger partial charge < -0.3 is 14.2 Å². The van der Waals surface area contributed by atoms with Gasteiger partial charge in [0.1, 0.15) is 13.2 Å². The average molecular weight is 889 g/mol. The Morgan fingerprint density at radius 1 is 0.328 bits per heavy atom. The van der Waals surface area contributed by atoms with Gasteiger partial charge in [-0.2, -0.15) is 0 Å². The lowest BCUT2D eigenvalue weighted by atomic mass is 10.0. The molecule has 0 spiro atoms. The smallest absolute Gasteiger partial charge is 0.306 e. The van der Waals surface area contributed by atoms with Crippen LogP contribution in [0.2, 0.25) is 0 Å². The summed E-state index contributed by atoms with van der Waals surface area (Å²) in [6, 6.07) is 0. The van der Waals surface area contributed by atoms with Crippen molar-refractivity contribution < 1.29 is 28.6 Å². The Bertz CT molecular complexity index is 1300. The lowest BCUT2D eigenvalue weighted by Crippen LogP contribution is -2.30. The normalized spacial score (nSPS) is 12.9. The first-order chi connectivity index (χ1) is 31.5. The van der Waals surface area contributed by atoms with Crippen molar-refractivity contribution in [1.82, 2.24) is 0 Å². The van der Waals surface area contributed by atoms with Crippen LogP contribution in [0.15, 0.2) is 97.2 Å². The van der Waals surface area contributed by atoms with Crippen LogP contribution in [0.25, 0.3) is 0 Å². The minimum absolute atomic E-state index is 0.110. The maximum atomic E-state index is 12.8. The molecule has 0 heterocycles. The summed E-state index contributed by atoms with van der Waals surface area (Å²) in [5.41, 5.74) is 0. The largest absolute Gasteiger partial charge is 0.462 e. The van der Waals surface area contributed by atoms with E-state index in [4.69, 9.17) is 14.2 Å². The Hall–Kier alpha value is -3.67. The molecule has 0 saturated heterocycles. The van der Waals surface area contributed by atoms with Crippen LogP contribution in [0.1, 0.15) is 233 Å². The van der Waals surface area contributed by atoms with Crippen molar-refractivity contribution in [2.24, 2.45) is 0 Å². The Kier molecular flexibility index (Phi) is 49.0. The van der Waals surface area contributed by atoms with Crippen molar-refractivity contribution in [1.29, 1.82) is 0 Å². The zero-order chi connectivity index (χ0) is 46.5. The van der Waals surface area contributed by atoms with E-state index in [9.17, 15) is 14.4 Å². The molecule has 0 fully saturated rings. The minimum Gasteiger partial charge on any atom is -0.462 e. The van der Waals surface area contributed by atoms with Crippen LogP contribution < -0.4 is 0 Å². The average Bonchev–Trinajstić information content (AvgIpc) is 3.29. The third-order valence-corrected chi connectivity index (χ3v) is 10.8. The number of esters is 3. The van der Waals surface area contributed by atoms with E-state index in [2.05, 4.69) is 118 Å². The molecule has 64 heavy (non-hydrogen) atoms. The number of unbranched alkanes of at least 4 members (excludes halogenated alkanes) is 19. The van der Waals surface area contributed by atoms with Gasteiger partial charge in [-0.25, -0.2) is 0 Å². The van der Waals surface area contributed by atoms with Crippen LogP contribution in [0, 0.1) is 0 Å². The van der Waals surface area contributed by atoms with Gasteiger partial charge in [-0.05, 0) is 96.3 Å². The lowest BCUT2D eigenvalue weighted by Gasteiger charge is -2.18. The number of hydrogen-bond donors (Lipinski definition) is 0. The molecular formula is C58H96O6. The van der Waals surface area contributed by atoms with Gasteiger partial charge in [0.2, 0.25) is 0 Å². The predicted molar refractivity (Wildman–Crippen MR) is 274 cm³/mol. The summed E-state index contributed by atoms with van der Waals surface area (Å²) in [7, 11) is 0. The summed E-state index contributed by atoms with van der Waals surface area (Å²) in [6.45, 7) is 6.41. The fourth-order valence-corrected chi connectivity index (χ4v) is 6.90. The van der Waals surface area contributed by atoms with Crippen LogP contribution in [0.3, 0.4) is 0 Å². The number of hydrogen-bond acceptors (Lipinski definition) is 6. The first kappa shape index (κ1) is 60.3. The van der Waals surface area contributed by atoms with Crippen molar-refractivity contribution in [3.8, 4) is 0 Å². The molecule has 0 N–H and O–H groups in total. The highest BCUT2D eigenvalue weighted by Crippen LogP contribution is 2.14. The van der Waals surface area contributed by atoms with Crippen LogP contribution in [-0.2, 0) is 28.6 Å². The molecule has 0 aromatic rings. The number of carbonyl (C=O) groups excluding carboxylic acids is 3. The van der Waals surface area contributed by atoms with Gasteiger partial charge in [-0.15, -0.1) is 0 Å². The van der Waals surface area contributed by atoms with Crippen molar-refractivity contribution in [3.63, 3.8) is 0 Å². The second kappa shape index (κ2) is 52.0. The van der Waals surface area contributed by atoms with Gasteiger partial charge in [-0.3, -0.25) is 14.4 Å². The predicted octanol–water partition coefficient (Wildman–Crippen LogP) is 17.4. The van der Waals surface area contributed by atoms with Crippen LogP contribution >= 0.6 is 0 Å². The summed E-state index contributed by atoms with van der Waals surface area (Å²) >= 11 is 0. The standard InChI is InChI=1S/C58H96O6/c1-4-7-10-13-16-19-22-25-28-29-31-33-36-39-42-45-48-51-57(60)63-54-55(53-62-56(59)50-47-44-41-38-35-32-27-24-21-18-15-12-9-6-3)64-58(61)52-49-46-43-40-37-34-30-26-23-20-17-14-11-8-5-2/h8,11,16-17,19-20,25-26,28,30-31,33,37,39-40,42,55H,4-7,9-10,12-15,18,21-24,27,29,32,34-36,38,41,43-54H2,1-3H3/b11-8-,19-16-,20-17-,28-25-,30-26-,33-31-,40-37-,42-39-/t55-/m1/s1. The highest BCUT2D eigenvalue weighted by molar-refractivity contribution is 5.71. The number of rotatable bonds is 46. The summed E-state index contributed by atoms with van der Waals surface area (Å²) in [5, 5.41) is 0. The molecule has 0 aliphatic heterocycles. The number of allylic oxidation sites excluding steroid dienone is 16. The summed E-state index contributed by atoms with van der Waals surface area (Å²) in [4.78, 5) is 38.0. The van der Waals surface area contributed by atoms with Gasteiger partial charge >= 0.3 is 17.9 Å².